The number of aryl methyl sites for hydroxylation is 1. The molecule has 0 atom stereocenters. The van der Waals surface area contributed by atoms with E-state index in [9.17, 15) is 4.79 Å². The molecule has 162 valence electrons. The van der Waals surface area contributed by atoms with Crippen LogP contribution in [0.5, 0.6) is 0 Å². The van der Waals surface area contributed by atoms with Gasteiger partial charge in [0.15, 0.2) is 11.0 Å². The fourth-order valence-electron chi connectivity index (χ4n) is 2.98. The van der Waals surface area contributed by atoms with E-state index < -0.39 is 0 Å². The quantitative estimate of drug-likeness (QED) is 0.407. The molecule has 31 heavy (non-hydrogen) atoms. The molecule has 1 saturated carbocycles. The number of H-pyrrole nitrogens is 1. The minimum Gasteiger partial charge on any atom is -0.326 e. The molecule has 8 heteroatoms. The zero-order chi connectivity index (χ0) is 22.0. The Morgan fingerprint density at radius 3 is 2.52 bits per heavy atom. The lowest BCUT2D eigenvalue weighted by Crippen LogP contribution is -2.18. The first-order valence-electron chi connectivity index (χ1n) is 10.6. The van der Waals surface area contributed by atoms with Crippen molar-refractivity contribution >= 4 is 35.0 Å². The summed E-state index contributed by atoms with van der Waals surface area (Å²) in [6, 6.07) is 11.8. The van der Waals surface area contributed by atoms with Gasteiger partial charge in [-0.25, -0.2) is 9.97 Å². The summed E-state index contributed by atoms with van der Waals surface area (Å²) in [6.07, 6.45) is 2.95. The van der Waals surface area contributed by atoms with Gasteiger partial charge in [-0.05, 0) is 62.2 Å². The second kappa shape index (κ2) is 8.70. The number of carbonyl (C=O) groups is 1. The number of aromatic nitrogens is 4. The SMILES string of the molecule is CCC(C)(C)c1cc(Nc2cc(C)[nH]n2)nc(Sc2ccc(NC(=O)C3CC3)cc2)n1. The zero-order valence-electron chi connectivity index (χ0n) is 18.3. The zero-order valence-corrected chi connectivity index (χ0v) is 19.1. The van der Waals surface area contributed by atoms with Gasteiger partial charge in [0.1, 0.15) is 5.82 Å². The summed E-state index contributed by atoms with van der Waals surface area (Å²) in [4.78, 5) is 22.5. The molecule has 0 aliphatic heterocycles. The summed E-state index contributed by atoms with van der Waals surface area (Å²) in [5.74, 6) is 1.75. The maximum absolute atomic E-state index is 11.9. The standard InChI is InChI=1S/C23H28N6OS/c1-5-23(3,4)18-13-19(26-20-12-14(2)28-29-20)27-22(25-18)31-17-10-8-16(9-11-17)24-21(30)15-6-7-15/h8-13,15H,5-7H2,1-4H3,(H,24,30)(H2,25,26,27,28,29). The second-order valence-corrected chi connectivity index (χ2v) is 9.65. The van der Waals surface area contributed by atoms with Crippen LogP contribution < -0.4 is 10.6 Å². The van der Waals surface area contributed by atoms with Crippen LogP contribution in [0.2, 0.25) is 0 Å². The third-order valence-electron chi connectivity index (χ3n) is 5.52. The Bertz CT molecular complexity index is 1070. The summed E-state index contributed by atoms with van der Waals surface area (Å²) in [5, 5.41) is 14.1. The Morgan fingerprint density at radius 2 is 1.90 bits per heavy atom. The Morgan fingerprint density at radius 1 is 1.16 bits per heavy atom. The summed E-state index contributed by atoms with van der Waals surface area (Å²) in [6.45, 7) is 8.49. The van der Waals surface area contributed by atoms with Crippen molar-refractivity contribution in [2.45, 2.75) is 62.4 Å². The van der Waals surface area contributed by atoms with E-state index >= 15 is 0 Å². The van der Waals surface area contributed by atoms with Crippen LogP contribution in [0, 0.1) is 12.8 Å². The van der Waals surface area contributed by atoms with Gasteiger partial charge in [-0.15, -0.1) is 0 Å². The number of rotatable bonds is 8. The van der Waals surface area contributed by atoms with Crippen LogP contribution in [0.25, 0.3) is 0 Å². The van der Waals surface area contributed by atoms with E-state index in [4.69, 9.17) is 9.97 Å². The molecular formula is C23H28N6OS. The molecule has 1 aliphatic rings. The van der Waals surface area contributed by atoms with E-state index in [2.05, 4.69) is 41.6 Å². The van der Waals surface area contributed by atoms with Gasteiger partial charge in [0.25, 0.3) is 0 Å². The first-order valence-corrected chi connectivity index (χ1v) is 11.4. The summed E-state index contributed by atoms with van der Waals surface area (Å²) in [7, 11) is 0. The summed E-state index contributed by atoms with van der Waals surface area (Å²) >= 11 is 1.50. The number of benzene rings is 1. The third kappa shape index (κ3) is 5.44. The van der Waals surface area contributed by atoms with Crippen molar-refractivity contribution in [3.63, 3.8) is 0 Å². The number of nitrogens with one attached hydrogen (secondary N) is 3. The smallest absolute Gasteiger partial charge is 0.227 e. The van der Waals surface area contributed by atoms with Crippen LogP contribution >= 0.6 is 11.8 Å². The normalized spacial score (nSPS) is 13.8. The van der Waals surface area contributed by atoms with Gasteiger partial charge in [-0.1, -0.05) is 20.8 Å². The lowest BCUT2D eigenvalue weighted by Gasteiger charge is -2.23. The number of hydrogen-bond donors (Lipinski definition) is 3. The topological polar surface area (TPSA) is 95.6 Å². The predicted octanol–water partition coefficient (Wildman–Crippen LogP) is 5.44. The summed E-state index contributed by atoms with van der Waals surface area (Å²) < 4.78 is 0. The Kier molecular flexibility index (Phi) is 6.00. The van der Waals surface area contributed by atoms with Crippen molar-refractivity contribution in [3.05, 3.63) is 47.8 Å². The molecule has 3 N–H and O–H groups in total. The van der Waals surface area contributed by atoms with E-state index in [0.717, 1.165) is 47.1 Å². The van der Waals surface area contributed by atoms with E-state index in [1.807, 2.05) is 43.3 Å². The molecular weight excluding hydrogens is 408 g/mol. The number of hydrogen-bond acceptors (Lipinski definition) is 6. The lowest BCUT2D eigenvalue weighted by molar-refractivity contribution is -0.117. The number of anilines is 3. The molecule has 0 spiro atoms. The van der Waals surface area contributed by atoms with Crippen molar-refractivity contribution in [1.82, 2.24) is 20.2 Å². The van der Waals surface area contributed by atoms with Gasteiger partial charge in [0.05, 0.1) is 5.69 Å². The highest BCUT2D eigenvalue weighted by atomic mass is 32.2. The highest BCUT2D eigenvalue weighted by Gasteiger charge is 2.29. The molecule has 0 bridgehead atoms. The van der Waals surface area contributed by atoms with Gasteiger partial charge >= 0.3 is 0 Å². The van der Waals surface area contributed by atoms with E-state index in [1.54, 1.807) is 0 Å². The molecule has 7 nitrogen and oxygen atoms in total. The first kappa shape index (κ1) is 21.4. The molecule has 1 aromatic carbocycles. The van der Waals surface area contributed by atoms with E-state index in [-0.39, 0.29) is 17.2 Å². The van der Waals surface area contributed by atoms with Crippen LogP contribution in [0.1, 0.15) is 51.4 Å². The largest absolute Gasteiger partial charge is 0.326 e. The Labute approximate surface area is 186 Å². The van der Waals surface area contributed by atoms with Gasteiger partial charge < -0.3 is 10.6 Å². The van der Waals surface area contributed by atoms with Crippen molar-refractivity contribution < 1.29 is 4.79 Å². The molecule has 1 fully saturated rings. The number of nitrogens with zero attached hydrogens (tertiary/aromatic N) is 3. The fourth-order valence-corrected chi connectivity index (χ4v) is 3.75. The third-order valence-corrected chi connectivity index (χ3v) is 6.40. The van der Waals surface area contributed by atoms with Gasteiger partial charge in [-0.3, -0.25) is 9.89 Å². The summed E-state index contributed by atoms with van der Waals surface area (Å²) in [5.41, 5.74) is 2.71. The average molecular weight is 437 g/mol. The van der Waals surface area contributed by atoms with Gasteiger partial charge in [-0.2, -0.15) is 5.10 Å². The highest BCUT2D eigenvalue weighted by Crippen LogP contribution is 2.33. The Balaban J connectivity index is 1.55. The molecule has 1 amide bonds. The molecule has 0 unspecified atom stereocenters. The van der Waals surface area contributed by atoms with Crippen LogP contribution in [0.3, 0.4) is 0 Å². The van der Waals surface area contributed by atoms with E-state index in [1.165, 1.54) is 11.8 Å². The molecule has 4 rings (SSSR count). The molecule has 2 heterocycles. The minimum absolute atomic E-state index is 0.0763. The second-order valence-electron chi connectivity index (χ2n) is 8.61. The number of amides is 1. The monoisotopic (exact) mass is 436 g/mol. The van der Waals surface area contributed by atoms with Gasteiger partial charge in [0.2, 0.25) is 5.91 Å². The predicted molar refractivity (Wildman–Crippen MR) is 124 cm³/mol. The molecule has 2 aromatic heterocycles. The van der Waals surface area contributed by atoms with Crippen LogP contribution in [-0.4, -0.2) is 26.1 Å². The minimum atomic E-state index is -0.0763. The van der Waals surface area contributed by atoms with Crippen LogP contribution in [0.15, 0.2) is 46.5 Å². The maximum atomic E-state index is 11.9. The number of carbonyl (C=O) groups excluding carboxylic acids is 1. The van der Waals surface area contributed by atoms with Crippen molar-refractivity contribution in [3.8, 4) is 0 Å². The van der Waals surface area contributed by atoms with Crippen molar-refractivity contribution in [2.24, 2.45) is 5.92 Å². The molecule has 1 aliphatic carbocycles. The van der Waals surface area contributed by atoms with E-state index in [0.29, 0.717) is 11.0 Å². The van der Waals surface area contributed by atoms with Crippen LogP contribution in [0.4, 0.5) is 17.3 Å². The van der Waals surface area contributed by atoms with Crippen molar-refractivity contribution in [1.29, 1.82) is 0 Å². The maximum Gasteiger partial charge on any atom is 0.227 e. The lowest BCUT2D eigenvalue weighted by atomic mass is 9.86. The van der Waals surface area contributed by atoms with Crippen LogP contribution in [-0.2, 0) is 10.2 Å². The first-order chi connectivity index (χ1) is 14.8. The average Bonchev–Trinajstić information content (AvgIpc) is 3.52. The van der Waals surface area contributed by atoms with Crippen molar-refractivity contribution in [2.75, 3.05) is 10.6 Å². The number of aromatic amines is 1. The fraction of sp³-hybridized carbons (Fsp3) is 0.391. The Hall–Kier alpha value is -2.87. The molecule has 0 radical (unpaired) electrons. The highest BCUT2D eigenvalue weighted by molar-refractivity contribution is 7.99. The van der Waals surface area contributed by atoms with Gasteiger partial charge in [0, 0.05) is 39.7 Å². The molecule has 0 saturated heterocycles. The molecule has 3 aromatic rings.